The summed E-state index contributed by atoms with van der Waals surface area (Å²) in [6.45, 7) is 1.56. The van der Waals surface area contributed by atoms with Gasteiger partial charge in [0.05, 0.1) is 0 Å². The molecule has 0 amide bonds. The van der Waals surface area contributed by atoms with Crippen LogP contribution in [0.15, 0.2) is 59.1 Å². The fraction of sp³-hybridized carbons (Fsp3) is 0.0714. The normalized spacial score (nSPS) is 9.26. The second-order valence-electron chi connectivity index (χ2n) is 3.85. The van der Waals surface area contributed by atoms with Gasteiger partial charge in [0.1, 0.15) is 0 Å². The second-order valence-corrected chi connectivity index (χ2v) is 4.76. The summed E-state index contributed by atoms with van der Waals surface area (Å²) in [6.07, 6.45) is 0. The Morgan fingerprint density at radius 2 is 1.53 bits per heavy atom. The molecular formula is C14H14BBrO3. The van der Waals surface area contributed by atoms with E-state index in [1.165, 1.54) is 0 Å². The van der Waals surface area contributed by atoms with Gasteiger partial charge in [-0.1, -0.05) is 58.4 Å². The molecule has 0 saturated heterocycles. The van der Waals surface area contributed by atoms with Gasteiger partial charge in [-0.2, -0.15) is 0 Å². The zero-order valence-corrected chi connectivity index (χ0v) is 12.0. The molecule has 2 aromatic carbocycles. The number of ketones is 1. The molecule has 0 aliphatic carbocycles. The van der Waals surface area contributed by atoms with E-state index in [1.54, 1.807) is 43.3 Å². The SMILES string of the molecule is CC(=O)c1ccc(Br)cc1.OB(O)c1ccccc1. The number of benzene rings is 2. The molecule has 0 spiro atoms. The highest BCUT2D eigenvalue weighted by Gasteiger charge is 2.07. The third-order valence-electron chi connectivity index (χ3n) is 2.35. The van der Waals surface area contributed by atoms with Gasteiger partial charge in [-0.05, 0) is 24.5 Å². The molecule has 2 rings (SSSR count). The van der Waals surface area contributed by atoms with Crippen LogP contribution in [0.25, 0.3) is 0 Å². The minimum Gasteiger partial charge on any atom is -0.423 e. The second kappa shape index (κ2) is 7.89. The van der Waals surface area contributed by atoms with E-state index in [-0.39, 0.29) is 5.78 Å². The largest absolute Gasteiger partial charge is 0.488 e. The third-order valence-corrected chi connectivity index (χ3v) is 2.88. The molecule has 0 aliphatic rings. The first-order valence-corrected chi connectivity index (χ1v) is 6.47. The first-order chi connectivity index (χ1) is 9.00. The van der Waals surface area contributed by atoms with Crippen LogP contribution in [0.2, 0.25) is 0 Å². The van der Waals surface area contributed by atoms with E-state index >= 15 is 0 Å². The Morgan fingerprint density at radius 1 is 1.00 bits per heavy atom. The van der Waals surface area contributed by atoms with E-state index in [9.17, 15) is 4.79 Å². The molecule has 19 heavy (non-hydrogen) atoms. The number of halogens is 1. The minimum absolute atomic E-state index is 0.104. The summed E-state index contributed by atoms with van der Waals surface area (Å²) < 4.78 is 0.998. The topological polar surface area (TPSA) is 57.5 Å². The fourth-order valence-corrected chi connectivity index (χ4v) is 1.57. The highest BCUT2D eigenvalue weighted by Crippen LogP contribution is 2.10. The van der Waals surface area contributed by atoms with E-state index in [0.717, 1.165) is 10.0 Å². The van der Waals surface area contributed by atoms with E-state index < -0.39 is 7.12 Å². The minimum atomic E-state index is -1.34. The van der Waals surface area contributed by atoms with Crippen LogP contribution in [0.3, 0.4) is 0 Å². The lowest BCUT2D eigenvalue weighted by molar-refractivity contribution is 0.101. The molecule has 0 bridgehead atoms. The summed E-state index contributed by atoms with van der Waals surface area (Å²) in [5.74, 6) is 0.104. The zero-order valence-electron chi connectivity index (χ0n) is 10.5. The molecule has 0 radical (unpaired) electrons. The van der Waals surface area contributed by atoms with Gasteiger partial charge in [-0.25, -0.2) is 0 Å². The van der Waals surface area contributed by atoms with Crippen molar-refractivity contribution >= 4 is 34.3 Å². The average molecular weight is 321 g/mol. The van der Waals surface area contributed by atoms with Crippen LogP contribution in [-0.2, 0) is 0 Å². The Balaban J connectivity index is 0.000000191. The van der Waals surface area contributed by atoms with Crippen molar-refractivity contribution in [2.24, 2.45) is 0 Å². The Labute approximate surface area is 121 Å². The smallest absolute Gasteiger partial charge is 0.423 e. The van der Waals surface area contributed by atoms with Crippen LogP contribution >= 0.6 is 15.9 Å². The van der Waals surface area contributed by atoms with Crippen molar-refractivity contribution in [1.82, 2.24) is 0 Å². The number of Topliss-reactive ketones (excluding diaryl/α,β-unsaturated/α-hetero) is 1. The molecule has 2 aromatic rings. The molecule has 5 heteroatoms. The molecule has 0 heterocycles. The monoisotopic (exact) mass is 320 g/mol. The Morgan fingerprint density at radius 3 is 1.89 bits per heavy atom. The summed E-state index contributed by atoms with van der Waals surface area (Å²) in [7, 11) is -1.34. The fourth-order valence-electron chi connectivity index (χ4n) is 1.31. The maximum absolute atomic E-state index is 10.7. The van der Waals surface area contributed by atoms with Crippen LogP contribution in [0.4, 0.5) is 0 Å². The molecule has 3 nitrogen and oxygen atoms in total. The molecule has 0 fully saturated rings. The van der Waals surface area contributed by atoms with Crippen molar-refractivity contribution < 1.29 is 14.8 Å². The molecule has 0 unspecified atom stereocenters. The zero-order chi connectivity index (χ0) is 14.3. The van der Waals surface area contributed by atoms with Gasteiger partial charge in [0, 0.05) is 10.0 Å². The van der Waals surface area contributed by atoms with Gasteiger partial charge < -0.3 is 10.0 Å². The van der Waals surface area contributed by atoms with Gasteiger partial charge >= 0.3 is 7.12 Å². The van der Waals surface area contributed by atoms with Crippen LogP contribution < -0.4 is 5.46 Å². The van der Waals surface area contributed by atoms with Crippen LogP contribution in [-0.4, -0.2) is 22.9 Å². The quantitative estimate of drug-likeness (QED) is 0.657. The highest BCUT2D eigenvalue weighted by atomic mass is 79.9. The summed E-state index contributed by atoms with van der Waals surface area (Å²) in [5.41, 5.74) is 1.28. The van der Waals surface area contributed by atoms with Crippen molar-refractivity contribution in [3.63, 3.8) is 0 Å². The summed E-state index contributed by atoms with van der Waals surface area (Å²) in [4.78, 5) is 10.7. The van der Waals surface area contributed by atoms with Crippen LogP contribution in [0.1, 0.15) is 17.3 Å². The Bertz CT molecular complexity index is 512. The first kappa shape index (κ1) is 15.6. The molecule has 0 aliphatic heterocycles. The van der Waals surface area contributed by atoms with Crippen molar-refractivity contribution in [1.29, 1.82) is 0 Å². The molecule has 98 valence electrons. The predicted molar refractivity (Wildman–Crippen MR) is 80.4 cm³/mol. The van der Waals surface area contributed by atoms with Gasteiger partial charge in [0.2, 0.25) is 0 Å². The van der Waals surface area contributed by atoms with Gasteiger partial charge in [0.15, 0.2) is 5.78 Å². The maximum Gasteiger partial charge on any atom is 0.488 e. The van der Waals surface area contributed by atoms with Gasteiger partial charge in [-0.3, -0.25) is 4.79 Å². The lowest BCUT2D eigenvalue weighted by Crippen LogP contribution is -2.29. The van der Waals surface area contributed by atoms with Crippen LogP contribution in [0, 0.1) is 0 Å². The number of rotatable bonds is 2. The van der Waals surface area contributed by atoms with E-state index in [4.69, 9.17) is 10.0 Å². The molecule has 0 aromatic heterocycles. The third kappa shape index (κ3) is 5.83. The maximum atomic E-state index is 10.7. The molecule has 2 N–H and O–H groups in total. The van der Waals surface area contributed by atoms with E-state index in [2.05, 4.69) is 15.9 Å². The van der Waals surface area contributed by atoms with Crippen molar-refractivity contribution in [3.8, 4) is 0 Å². The van der Waals surface area contributed by atoms with Crippen molar-refractivity contribution in [3.05, 3.63) is 64.6 Å². The number of carbonyl (C=O) groups is 1. The lowest BCUT2D eigenvalue weighted by Gasteiger charge is -1.94. The van der Waals surface area contributed by atoms with Crippen molar-refractivity contribution in [2.45, 2.75) is 6.92 Å². The predicted octanol–water partition coefficient (Wildman–Crippen LogP) is 2.02. The number of hydrogen-bond donors (Lipinski definition) is 2. The van der Waals surface area contributed by atoms with E-state index in [1.807, 2.05) is 18.2 Å². The molecule has 0 saturated carbocycles. The number of carbonyl (C=O) groups excluding carboxylic acids is 1. The van der Waals surface area contributed by atoms with Crippen LogP contribution in [0.5, 0.6) is 0 Å². The summed E-state index contributed by atoms with van der Waals surface area (Å²) in [5, 5.41) is 17.2. The molecular weight excluding hydrogens is 307 g/mol. The first-order valence-electron chi connectivity index (χ1n) is 5.68. The lowest BCUT2D eigenvalue weighted by atomic mass is 9.81. The summed E-state index contributed by atoms with van der Waals surface area (Å²) >= 11 is 3.28. The standard InChI is InChI=1S/C8H7BrO.C6H7BO2/c1-6(10)7-2-4-8(9)5-3-7;8-7(9)6-4-2-1-3-5-6/h2-5H,1H3;1-5,8-9H. The van der Waals surface area contributed by atoms with Gasteiger partial charge in [-0.15, -0.1) is 0 Å². The summed E-state index contributed by atoms with van der Waals surface area (Å²) in [6, 6.07) is 16.0. The molecule has 0 atom stereocenters. The van der Waals surface area contributed by atoms with Crippen molar-refractivity contribution in [2.75, 3.05) is 0 Å². The number of hydrogen-bond acceptors (Lipinski definition) is 3. The van der Waals surface area contributed by atoms with E-state index in [0.29, 0.717) is 5.46 Å². The average Bonchev–Trinajstić information content (AvgIpc) is 2.41. The van der Waals surface area contributed by atoms with Gasteiger partial charge in [0.25, 0.3) is 0 Å². The Hall–Kier alpha value is -1.43. The Kier molecular flexibility index (Phi) is 6.49. The highest BCUT2D eigenvalue weighted by molar-refractivity contribution is 9.10.